The van der Waals surface area contributed by atoms with Crippen molar-refractivity contribution < 1.29 is 9.84 Å². The molecule has 0 aliphatic rings. The summed E-state index contributed by atoms with van der Waals surface area (Å²) in [6, 6.07) is 8.33. The Morgan fingerprint density at radius 3 is 2.35 bits per heavy atom. The first-order valence-electron chi connectivity index (χ1n) is 6.23. The molecule has 1 aromatic rings. The summed E-state index contributed by atoms with van der Waals surface area (Å²) in [5.41, 5.74) is 7.00. The number of rotatable bonds is 7. The Balaban J connectivity index is 2.34. The van der Waals surface area contributed by atoms with Crippen molar-refractivity contribution in [1.82, 2.24) is 0 Å². The largest absolute Gasteiger partial charge is 0.493 e. The molecule has 0 aliphatic heterocycles. The summed E-state index contributed by atoms with van der Waals surface area (Å²) in [4.78, 5) is 0. The first-order chi connectivity index (χ1) is 8.08. The Kier molecular flexibility index (Phi) is 6.01. The predicted octanol–water partition coefficient (Wildman–Crippen LogP) is 2.12. The van der Waals surface area contributed by atoms with Crippen LogP contribution in [0.5, 0.6) is 5.75 Å². The molecule has 0 aliphatic carbocycles. The van der Waals surface area contributed by atoms with Gasteiger partial charge in [-0.05, 0) is 44.4 Å². The molecule has 0 fully saturated rings. The molecule has 2 atom stereocenters. The van der Waals surface area contributed by atoms with Gasteiger partial charge in [0.1, 0.15) is 5.75 Å². The van der Waals surface area contributed by atoms with Crippen molar-refractivity contribution in [2.24, 2.45) is 5.73 Å². The summed E-state index contributed by atoms with van der Waals surface area (Å²) in [6.45, 7) is 4.34. The monoisotopic (exact) mass is 237 g/mol. The maximum atomic E-state index is 9.10. The van der Waals surface area contributed by atoms with E-state index in [-0.39, 0.29) is 12.1 Å². The molecule has 0 saturated heterocycles. The number of aliphatic hydroxyl groups is 1. The molecule has 1 rings (SSSR count). The van der Waals surface area contributed by atoms with Gasteiger partial charge in [-0.15, -0.1) is 0 Å². The average Bonchev–Trinajstić information content (AvgIpc) is 2.27. The van der Waals surface area contributed by atoms with Gasteiger partial charge < -0.3 is 15.6 Å². The number of benzene rings is 1. The van der Waals surface area contributed by atoms with Gasteiger partial charge in [-0.1, -0.05) is 12.1 Å². The Morgan fingerprint density at radius 2 is 1.82 bits per heavy atom. The maximum Gasteiger partial charge on any atom is 0.119 e. The predicted molar refractivity (Wildman–Crippen MR) is 70.2 cm³/mol. The second-order valence-corrected chi connectivity index (χ2v) is 4.65. The topological polar surface area (TPSA) is 55.5 Å². The van der Waals surface area contributed by atoms with Crippen molar-refractivity contribution in [1.29, 1.82) is 0 Å². The normalized spacial score (nSPS) is 14.4. The average molecular weight is 237 g/mol. The Labute approximate surface area is 104 Å². The molecule has 3 N–H and O–H groups in total. The zero-order chi connectivity index (χ0) is 12.7. The van der Waals surface area contributed by atoms with E-state index in [1.54, 1.807) is 6.92 Å². The minimum atomic E-state index is -0.305. The van der Waals surface area contributed by atoms with Gasteiger partial charge in [0.2, 0.25) is 0 Å². The molecule has 0 radical (unpaired) electrons. The van der Waals surface area contributed by atoms with Gasteiger partial charge in [0.25, 0.3) is 0 Å². The van der Waals surface area contributed by atoms with Crippen LogP contribution in [0.15, 0.2) is 24.3 Å². The van der Waals surface area contributed by atoms with Crippen molar-refractivity contribution >= 4 is 0 Å². The molecule has 0 spiro atoms. The first-order valence-corrected chi connectivity index (χ1v) is 6.23. The lowest BCUT2D eigenvalue weighted by Gasteiger charge is -2.09. The number of nitrogens with two attached hydrogens (primary N) is 1. The third-order valence-electron chi connectivity index (χ3n) is 2.62. The highest BCUT2D eigenvalue weighted by molar-refractivity contribution is 5.27. The SMILES string of the molecule is CC(N)CCc1ccc(OCCC(C)O)cc1. The zero-order valence-corrected chi connectivity index (χ0v) is 10.7. The van der Waals surface area contributed by atoms with Crippen LogP contribution in [-0.2, 0) is 6.42 Å². The van der Waals surface area contributed by atoms with Gasteiger partial charge in [-0.2, -0.15) is 0 Å². The lowest BCUT2D eigenvalue weighted by molar-refractivity contribution is 0.155. The molecule has 3 nitrogen and oxygen atoms in total. The number of ether oxygens (including phenoxy) is 1. The highest BCUT2D eigenvalue weighted by Gasteiger charge is 1.99. The van der Waals surface area contributed by atoms with E-state index in [4.69, 9.17) is 15.6 Å². The van der Waals surface area contributed by atoms with E-state index in [0.717, 1.165) is 18.6 Å². The van der Waals surface area contributed by atoms with Crippen molar-refractivity contribution in [2.45, 2.75) is 45.3 Å². The van der Waals surface area contributed by atoms with Crippen LogP contribution in [-0.4, -0.2) is 23.9 Å². The van der Waals surface area contributed by atoms with Crippen LogP contribution in [0.4, 0.5) is 0 Å². The molecule has 3 heteroatoms. The van der Waals surface area contributed by atoms with Crippen molar-refractivity contribution in [3.8, 4) is 5.75 Å². The summed E-state index contributed by atoms with van der Waals surface area (Å²) in [7, 11) is 0. The van der Waals surface area contributed by atoms with Gasteiger partial charge >= 0.3 is 0 Å². The Morgan fingerprint density at radius 1 is 1.18 bits per heavy atom. The van der Waals surface area contributed by atoms with Crippen LogP contribution in [0.2, 0.25) is 0 Å². The summed E-state index contributed by atoms with van der Waals surface area (Å²) >= 11 is 0. The van der Waals surface area contributed by atoms with E-state index in [1.165, 1.54) is 5.56 Å². The third kappa shape index (κ3) is 6.29. The summed E-state index contributed by atoms with van der Waals surface area (Å²) in [5, 5.41) is 9.10. The number of aryl methyl sites for hydroxylation is 1. The lowest BCUT2D eigenvalue weighted by Crippen LogP contribution is -2.15. The summed E-state index contributed by atoms with van der Waals surface area (Å²) in [5.74, 6) is 0.857. The van der Waals surface area contributed by atoms with Gasteiger partial charge in [0.05, 0.1) is 12.7 Å². The molecule has 0 amide bonds. The van der Waals surface area contributed by atoms with Crippen molar-refractivity contribution in [2.75, 3.05) is 6.61 Å². The van der Waals surface area contributed by atoms with E-state index in [1.807, 2.05) is 19.1 Å². The van der Waals surface area contributed by atoms with E-state index in [0.29, 0.717) is 13.0 Å². The molecule has 1 aromatic carbocycles. The quantitative estimate of drug-likeness (QED) is 0.763. The molecule has 17 heavy (non-hydrogen) atoms. The van der Waals surface area contributed by atoms with Crippen LogP contribution < -0.4 is 10.5 Å². The number of aliphatic hydroxyl groups excluding tert-OH is 1. The fraction of sp³-hybridized carbons (Fsp3) is 0.571. The van der Waals surface area contributed by atoms with E-state index < -0.39 is 0 Å². The molecular formula is C14H23NO2. The molecule has 96 valence electrons. The second-order valence-electron chi connectivity index (χ2n) is 4.65. The van der Waals surface area contributed by atoms with Crippen molar-refractivity contribution in [3.63, 3.8) is 0 Å². The third-order valence-corrected chi connectivity index (χ3v) is 2.62. The number of hydrogen-bond donors (Lipinski definition) is 2. The van der Waals surface area contributed by atoms with Gasteiger partial charge in [-0.25, -0.2) is 0 Å². The number of hydrogen-bond acceptors (Lipinski definition) is 3. The van der Waals surface area contributed by atoms with Crippen LogP contribution in [0, 0.1) is 0 Å². The van der Waals surface area contributed by atoms with E-state index >= 15 is 0 Å². The van der Waals surface area contributed by atoms with E-state index in [9.17, 15) is 0 Å². The van der Waals surface area contributed by atoms with Gasteiger partial charge in [-0.3, -0.25) is 0 Å². The zero-order valence-electron chi connectivity index (χ0n) is 10.7. The van der Waals surface area contributed by atoms with Crippen molar-refractivity contribution in [3.05, 3.63) is 29.8 Å². The Hall–Kier alpha value is -1.06. The lowest BCUT2D eigenvalue weighted by atomic mass is 10.1. The fourth-order valence-electron chi connectivity index (χ4n) is 1.49. The molecule has 0 saturated carbocycles. The smallest absolute Gasteiger partial charge is 0.119 e. The fourth-order valence-corrected chi connectivity index (χ4v) is 1.49. The first kappa shape index (κ1) is 14.0. The van der Waals surface area contributed by atoms with E-state index in [2.05, 4.69) is 12.1 Å². The second kappa shape index (κ2) is 7.30. The highest BCUT2D eigenvalue weighted by atomic mass is 16.5. The summed E-state index contributed by atoms with van der Waals surface area (Å²) < 4.78 is 5.51. The van der Waals surface area contributed by atoms with Crippen LogP contribution >= 0.6 is 0 Å². The minimum absolute atomic E-state index is 0.247. The molecular weight excluding hydrogens is 214 g/mol. The van der Waals surface area contributed by atoms with Crippen LogP contribution in [0.3, 0.4) is 0 Å². The molecule has 2 unspecified atom stereocenters. The van der Waals surface area contributed by atoms with Gasteiger partial charge in [0, 0.05) is 12.5 Å². The minimum Gasteiger partial charge on any atom is -0.493 e. The molecule has 0 heterocycles. The molecule has 0 aromatic heterocycles. The van der Waals surface area contributed by atoms with Crippen LogP contribution in [0.25, 0.3) is 0 Å². The molecule has 0 bridgehead atoms. The van der Waals surface area contributed by atoms with Crippen LogP contribution in [0.1, 0.15) is 32.3 Å². The highest BCUT2D eigenvalue weighted by Crippen LogP contribution is 2.14. The summed E-state index contributed by atoms with van der Waals surface area (Å²) in [6.07, 6.45) is 2.36. The Bertz CT molecular complexity index is 307. The standard InChI is InChI=1S/C14H23NO2/c1-11(15)3-4-13-5-7-14(8-6-13)17-10-9-12(2)16/h5-8,11-12,16H,3-4,9-10,15H2,1-2H3. The van der Waals surface area contributed by atoms with Gasteiger partial charge in [0.15, 0.2) is 0 Å². The maximum absolute atomic E-state index is 9.10.